The highest BCUT2D eigenvalue weighted by molar-refractivity contribution is 4.88. The summed E-state index contributed by atoms with van der Waals surface area (Å²) in [6.45, 7) is 8.64. The van der Waals surface area contributed by atoms with E-state index in [9.17, 15) is 0 Å². The minimum absolute atomic E-state index is 0.735. The molecule has 0 aromatic rings. The molecule has 4 heteroatoms. The van der Waals surface area contributed by atoms with Crippen molar-refractivity contribution in [2.45, 2.75) is 18.9 Å². The number of hydrogen-bond acceptors (Lipinski definition) is 4. The van der Waals surface area contributed by atoms with E-state index in [0.29, 0.717) is 0 Å². The molecular weight excluding hydrogens is 224 g/mol. The molecule has 2 aliphatic rings. The maximum Gasteiger partial charge on any atom is 0.0220 e. The smallest absolute Gasteiger partial charge is 0.0220 e. The fourth-order valence-corrected chi connectivity index (χ4v) is 2.79. The molecule has 2 rings (SSSR count). The molecule has 1 atom stereocenters. The second kappa shape index (κ2) is 6.85. The van der Waals surface area contributed by atoms with Gasteiger partial charge in [-0.1, -0.05) is 0 Å². The molecule has 1 aliphatic heterocycles. The summed E-state index contributed by atoms with van der Waals surface area (Å²) in [5, 5.41) is 3.50. The summed E-state index contributed by atoms with van der Waals surface area (Å²) < 4.78 is 0. The molecule has 106 valence electrons. The molecule has 1 heterocycles. The molecule has 18 heavy (non-hydrogen) atoms. The summed E-state index contributed by atoms with van der Waals surface area (Å²) in [5.74, 6) is 0.960. The lowest BCUT2D eigenvalue weighted by Crippen LogP contribution is -2.51. The van der Waals surface area contributed by atoms with Crippen LogP contribution in [0, 0.1) is 5.92 Å². The Morgan fingerprint density at radius 2 is 1.72 bits per heavy atom. The average Bonchev–Trinajstić information content (AvgIpc) is 3.19. The van der Waals surface area contributed by atoms with Gasteiger partial charge < -0.3 is 10.2 Å². The molecule has 0 spiro atoms. The standard InChI is InChI=1S/C14H30N4/c1-15-14(13-4-5-13)12-18-10-8-17(9-11-18)7-6-16(2)3/h13-15H,4-12H2,1-3H3. The van der Waals surface area contributed by atoms with Crippen LogP contribution in [-0.4, -0.2) is 87.7 Å². The van der Waals surface area contributed by atoms with E-state index in [0.717, 1.165) is 12.0 Å². The number of hydrogen-bond donors (Lipinski definition) is 1. The van der Waals surface area contributed by atoms with Crippen LogP contribution in [-0.2, 0) is 0 Å². The van der Waals surface area contributed by atoms with Gasteiger partial charge >= 0.3 is 0 Å². The van der Waals surface area contributed by atoms with Gasteiger partial charge in [0.15, 0.2) is 0 Å². The van der Waals surface area contributed by atoms with Crippen LogP contribution >= 0.6 is 0 Å². The summed E-state index contributed by atoms with van der Waals surface area (Å²) in [6.07, 6.45) is 2.88. The first-order valence-corrected chi connectivity index (χ1v) is 7.45. The third-order valence-electron chi connectivity index (χ3n) is 4.35. The lowest BCUT2D eigenvalue weighted by molar-refractivity contribution is 0.115. The monoisotopic (exact) mass is 254 g/mol. The third-order valence-corrected chi connectivity index (χ3v) is 4.35. The maximum absolute atomic E-state index is 3.50. The van der Waals surface area contributed by atoms with Crippen molar-refractivity contribution in [3.05, 3.63) is 0 Å². The van der Waals surface area contributed by atoms with E-state index in [-0.39, 0.29) is 0 Å². The highest BCUT2D eigenvalue weighted by atomic mass is 15.3. The first-order chi connectivity index (χ1) is 8.69. The first kappa shape index (κ1) is 14.3. The normalized spacial score (nSPS) is 24.7. The lowest BCUT2D eigenvalue weighted by Gasteiger charge is -2.36. The summed E-state index contributed by atoms with van der Waals surface area (Å²) in [4.78, 5) is 7.52. The van der Waals surface area contributed by atoms with Gasteiger partial charge in [0.25, 0.3) is 0 Å². The number of nitrogens with one attached hydrogen (secondary N) is 1. The van der Waals surface area contributed by atoms with Gasteiger partial charge in [-0.3, -0.25) is 9.80 Å². The Bertz CT molecular complexity index is 232. The molecule has 0 bridgehead atoms. The van der Waals surface area contributed by atoms with E-state index in [4.69, 9.17) is 0 Å². The predicted molar refractivity (Wildman–Crippen MR) is 77.0 cm³/mol. The summed E-state index contributed by atoms with van der Waals surface area (Å²) >= 11 is 0. The fourth-order valence-electron chi connectivity index (χ4n) is 2.79. The predicted octanol–water partition coefficient (Wildman–Crippen LogP) is 0.164. The molecule has 0 aromatic carbocycles. The van der Waals surface area contributed by atoms with Crippen LogP contribution in [0.25, 0.3) is 0 Å². The number of nitrogens with zero attached hydrogens (tertiary/aromatic N) is 3. The maximum atomic E-state index is 3.50. The highest BCUT2D eigenvalue weighted by Crippen LogP contribution is 2.32. The molecule has 1 N–H and O–H groups in total. The minimum atomic E-state index is 0.735. The van der Waals surface area contributed by atoms with Crippen molar-refractivity contribution >= 4 is 0 Å². The van der Waals surface area contributed by atoms with Crippen molar-refractivity contribution in [3.8, 4) is 0 Å². The van der Waals surface area contributed by atoms with Crippen LogP contribution in [0.3, 0.4) is 0 Å². The van der Waals surface area contributed by atoms with Gasteiger partial charge in [-0.2, -0.15) is 0 Å². The molecule has 1 aliphatic carbocycles. The Balaban J connectivity index is 1.63. The van der Waals surface area contributed by atoms with Gasteiger partial charge in [0, 0.05) is 51.9 Å². The second-order valence-electron chi connectivity index (χ2n) is 6.18. The quantitative estimate of drug-likeness (QED) is 0.699. The van der Waals surface area contributed by atoms with Gasteiger partial charge in [-0.05, 0) is 39.9 Å². The molecule has 1 saturated heterocycles. The summed E-state index contributed by atoms with van der Waals surface area (Å²) in [6, 6.07) is 0.735. The van der Waals surface area contributed by atoms with Crippen LogP contribution in [0.15, 0.2) is 0 Å². The molecule has 2 fully saturated rings. The zero-order valence-electron chi connectivity index (χ0n) is 12.4. The molecule has 0 aromatic heterocycles. The van der Waals surface area contributed by atoms with E-state index in [1.165, 1.54) is 58.7 Å². The van der Waals surface area contributed by atoms with E-state index in [1.807, 2.05) is 0 Å². The Morgan fingerprint density at radius 1 is 1.11 bits per heavy atom. The van der Waals surface area contributed by atoms with Gasteiger partial charge in [-0.25, -0.2) is 0 Å². The Morgan fingerprint density at radius 3 is 2.22 bits per heavy atom. The largest absolute Gasteiger partial charge is 0.315 e. The molecule has 1 saturated carbocycles. The molecule has 0 amide bonds. The Labute approximate surface area is 112 Å². The lowest BCUT2D eigenvalue weighted by atomic mass is 10.1. The van der Waals surface area contributed by atoms with Crippen molar-refractivity contribution in [2.24, 2.45) is 5.92 Å². The van der Waals surface area contributed by atoms with Crippen LogP contribution < -0.4 is 5.32 Å². The molecular formula is C14H30N4. The fraction of sp³-hybridized carbons (Fsp3) is 1.00. The van der Waals surface area contributed by atoms with Gasteiger partial charge in [-0.15, -0.1) is 0 Å². The molecule has 0 radical (unpaired) electrons. The van der Waals surface area contributed by atoms with Gasteiger partial charge in [0.1, 0.15) is 0 Å². The Hall–Kier alpha value is -0.160. The van der Waals surface area contributed by atoms with Crippen molar-refractivity contribution < 1.29 is 0 Å². The molecule has 1 unspecified atom stereocenters. The van der Waals surface area contributed by atoms with Crippen LogP contribution in [0.1, 0.15) is 12.8 Å². The van der Waals surface area contributed by atoms with Crippen molar-refractivity contribution in [3.63, 3.8) is 0 Å². The zero-order chi connectivity index (χ0) is 13.0. The van der Waals surface area contributed by atoms with Crippen LogP contribution in [0.4, 0.5) is 0 Å². The van der Waals surface area contributed by atoms with Crippen molar-refractivity contribution in [2.75, 3.05) is 67.0 Å². The van der Waals surface area contributed by atoms with Crippen LogP contribution in [0.2, 0.25) is 0 Å². The van der Waals surface area contributed by atoms with Gasteiger partial charge in [0.2, 0.25) is 0 Å². The average molecular weight is 254 g/mol. The topological polar surface area (TPSA) is 21.8 Å². The Kier molecular flexibility index (Phi) is 5.42. The van der Waals surface area contributed by atoms with E-state index in [1.54, 1.807) is 0 Å². The van der Waals surface area contributed by atoms with Crippen LogP contribution in [0.5, 0.6) is 0 Å². The first-order valence-electron chi connectivity index (χ1n) is 7.45. The van der Waals surface area contributed by atoms with Gasteiger partial charge in [0.05, 0.1) is 0 Å². The third kappa shape index (κ3) is 4.50. The van der Waals surface area contributed by atoms with Crippen molar-refractivity contribution in [1.29, 1.82) is 0 Å². The minimum Gasteiger partial charge on any atom is -0.315 e. The van der Waals surface area contributed by atoms with E-state index >= 15 is 0 Å². The summed E-state index contributed by atoms with van der Waals surface area (Å²) in [7, 11) is 6.43. The van der Waals surface area contributed by atoms with E-state index < -0.39 is 0 Å². The SMILES string of the molecule is CNC(CN1CCN(CCN(C)C)CC1)C1CC1. The number of likely N-dealkylation sites (N-methyl/N-ethyl adjacent to an activating group) is 2. The zero-order valence-corrected chi connectivity index (χ0v) is 12.4. The summed E-state index contributed by atoms with van der Waals surface area (Å²) in [5.41, 5.74) is 0. The van der Waals surface area contributed by atoms with Crippen molar-refractivity contribution in [1.82, 2.24) is 20.0 Å². The molecule has 4 nitrogen and oxygen atoms in total. The number of rotatable bonds is 7. The highest BCUT2D eigenvalue weighted by Gasteiger charge is 2.31. The second-order valence-corrected chi connectivity index (χ2v) is 6.18. The number of piperazine rings is 1. The van der Waals surface area contributed by atoms with E-state index in [2.05, 4.69) is 41.2 Å².